The van der Waals surface area contributed by atoms with Gasteiger partial charge in [-0.2, -0.15) is 5.10 Å². The van der Waals surface area contributed by atoms with Crippen LogP contribution in [0, 0.1) is 5.82 Å². The first kappa shape index (κ1) is 22.8. The highest BCUT2D eigenvalue weighted by Gasteiger charge is 2.40. The van der Waals surface area contributed by atoms with E-state index in [0.29, 0.717) is 35.2 Å². The van der Waals surface area contributed by atoms with Gasteiger partial charge in [0.1, 0.15) is 5.82 Å². The van der Waals surface area contributed by atoms with E-state index in [2.05, 4.69) is 5.10 Å². The molecule has 0 fully saturated rings. The van der Waals surface area contributed by atoms with Crippen molar-refractivity contribution in [1.82, 2.24) is 19.6 Å². The number of carbonyl (C=O) groups is 3. The van der Waals surface area contributed by atoms with Gasteiger partial charge in [-0.25, -0.2) is 4.39 Å². The predicted molar refractivity (Wildman–Crippen MR) is 134 cm³/mol. The molecular formula is C29H23FN4O3. The van der Waals surface area contributed by atoms with Crippen LogP contribution in [0.5, 0.6) is 0 Å². The topological polar surface area (TPSA) is 75.5 Å². The van der Waals surface area contributed by atoms with Crippen molar-refractivity contribution < 1.29 is 18.8 Å². The fraction of sp³-hybridized carbons (Fsp3) is 0.172. The number of amides is 3. The van der Waals surface area contributed by atoms with Crippen LogP contribution < -0.4 is 0 Å². The van der Waals surface area contributed by atoms with E-state index in [4.69, 9.17) is 0 Å². The number of imide groups is 1. The number of hydrogen-bond acceptors (Lipinski definition) is 4. The van der Waals surface area contributed by atoms with Crippen molar-refractivity contribution in [1.29, 1.82) is 0 Å². The van der Waals surface area contributed by atoms with E-state index in [0.717, 1.165) is 16.8 Å². The number of rotatable bonds is 6. The van der Waals surface area contributed by atoms with Crippen LogP contribution in [0.4, 0.5) is 4.39 Å². The number of aryl methyl sites for hydroxylation is 1. The molecule has 0 unspecified atom stereocenters. The minimum Gasteiger partial charge on any atom is -0.329 e. The summed E-state index contributed by atoms with van der Waals surface area (Å²) in [5.41, 5.74) is 4.70. The van der Waals surface area contributed by atoms with Gasteiger partial charge in [-0.3, -0.25) is 24.0 Å². The number of hydrogen-bond donors (Lipinski definition) is 0. The molecule has 0 spiro atoms. The zero-order valence-corrected chi connectivity index (χ0v) is 20.1. The maximum atomic E-state index is 14.0. The lowest BCUT2D eigenvalue weighted by Gasteiger charge is -2.31. The first-order valence-corrected chi connectivity index (χ1v) is 12.0. The Morgan fingerprint density at radius 3 is 2.30 bits per heavy atom. The number of benzene rings is 3. The normalized spacial score (nSPS) is 15.4. The van der Waals surface area contributed by atoms with E-state index in [1.54, 1.807) is 58.2 Å². The Labute approximate surface area is 212 Å². The Morgan fingerprint density at radius 1 is 0.865 bits per heavy atom. The Kier molecular flexibility index (Phi) is 5.44. The highest BCUT2D eigenvalue weighted by molar-refractivity contribution is 6.21. The molecule has 37 heavy (non-hydrogen) atoms. The number of carbonyl (C=O) groups excluding carboxylic acids is 3. The summed E-state index contributed by atoms with van der Waals surface area (Å²) in [6.07, 6.45) is 2.01. The van der Waals surface area contributed by atoms with E-state index in [1.807, 2.05) is 25.2 Å². The molecule has 3 heterocycles. The van der Waals surface area contributed by atoms with Crippen molar-refractivity contribution in [3.8, 4) is 11.3 Å². The molecule has 0 aliphatic carbocycles. The minimum absolute atomic E-state index is 0.0111. The highest BCUT2D eigenvalue weighted by atomic mass is 19.1. The zero-order valence-electron chi connectivity index (χ0n) is 20.1. The minimum atomic E-state index is -0.538. The molecule has 0 radical (unpaired) electrons. The van der Waals surface area contributed by atoms with Gasteiger partial charge >= 0.3 is 0 Å². The van der Waals surface area contributed by atoms with Crippen LogP contribution >= 0.6 is 0 Å². The van der Waals surface area contributed by atoms with E-state index < -0.39 is 6.04 Å². The molecular weight excluding hydrogens is 471 g/mol. The lowest BCUT2D eigenvalue weighted by molar-refractivity contribution is 0.0528. The summed E-state index contributed by atoms with van der Waals surface area (Å²) < 4.78 is 15.8. The first-order valence-electron chi connectivity index (χ1n) is 12.0. The van der Waals surface area contributed by atoms with Crippen molar-refractivity contribution in [2.45, 2.75) is 19.0 Å². The standard InChI is InChI=1S/C29H23FN4O3/c1-32-26(11-12-31-32)19-9-10-23-20(15-19)16-33(27(23)35)22(14-18-5-4-6-21(30)13-18)17-34-28(36)24-7-2-3-8-25(24)29(34)37/h2-13,15,22H,14,16-17H2,1H3/t22-/m1/s1. The Hall–Kier alpha value is -4.59. The lowest BCUT2D eigenvalue weighted by atomic mass is 10.0. The second-order valence-electron chi connectivity index (χ2n) is 9.40. The zero-order chi connectivity index (χ0) is 25.7. The molecule has 2 aliphatic rings. The van der Waals surface area contributed by atoms with Crippen LogP contribution in [-0.4, -0.2) is 49.9 Å². The predicted octanol–water partition coefficient (Wildman–Crippen LogP) is 4.09. The summed E-state index contributed by atoms with van der Waals surface area (Å²) in [4.78, 5) is 42.7. The van der Waals surface area contributed by atoms with E-state index in [-0.39, 0.29) is 30.1 Å². The fourth-order valence-electron chi connectivity index (χ4n) is 5.28. The third-order valence-electron chi connectivity index (χ3n) is 7.13. The summed E-state index contributed by atoms with van der Waals surface area (Å²) in [7, 11) is 1.86. The SMILES string of the molecule is Cn1nccc1-c1ccc2c(c1)CN([C@H](Cc1cccc(F)c1)CN1C(=O)c3ccccc3C1=O)C2=O. The van der Waals surface area contributed by atoms with Gasteiger partial charge in [0, 0.05) is 30.9 Å². The molecule has 0 bridgehead atoms. The van der Waals surface area contributed by atoms with Crippen molar-refractivity contribution in [3.05, 3.63) is 113 Å². The average molecular weight is 495 g/mol. The molecule has 4 aromatic rings. The van der Waals surface area contributed by atoms with Crippen LogP contribution in [0.15, 0.2) is 79.0 Å². The maximum Gasteiger partial charge on any atom is 0.261 e. The summed E-state index contributed by atoms with van der Waals surface area (Å²) in [6.45, 7) is 0.334. The molecule has 3 aromatic carbocycles. The molecule has 1 atom stereocenters. The van der Waals surface area contributed by atoms with Crippen LogP contribution in [0.3, 0.4) is 0 Å². The van der Waals surface area contributed by atoms with Crippen molar-refractivity contribution in [3.63, 3.8) is 0 Å². The maximum absolute atomic E-state index is 14.0. The van der Waals surface area contributed by atoms with Gasteiger partial charge in [-0.1, -0.05) is 30.3 Å². The molecule has 0 saturated heterocycles. The van der Waals surface area contributed by atoms with Crippen LogP contribution in [-0.2, 0) is 20.0 Å². The second-order valence-corrected chi connectivity index (χ2v) is 9.40. The smallest absolute Gasteiger partial charge is 0.261 e. The van der Waals surface area contributed by atoms with Gasteiger partial charge in [0.15, 0.2) is 0 Å². The second kappa shape index (κ2) is 8.81. The van der Waals surface area contributed by atoms with Crippen molar-refractivity contribution in [2.24, 2.45) is 7.05 Å². The van der Waals surface area contributed by atoms with Gasteiger partial charge in [0.05, 0.1) is 29.4 Å². The molecule has 0 N–H and O–H groups in total. The molecule has 7 nitrogen and oxygen atoms in total. The highest BCUT2D eigenvalue weighted by Crippen LogP contribution is 2.32. The third-order valence-corrected chi connectivity index (χ3v) is 7.13. The Bertz CT molecular complexity index is 1540. The van der Waals surface area contributed by atoms with Crippen LogP contribution in [0.1, 0.15) is 42.2 Å². The Morgan fingerprint density at radius 2 is 1.62 bits per heavy atom. The number of halogens is 1. The van der Waals surface area contributed by atoms with Crippen LogP contribution in [0.25, 0.3) is 11.3 Å². The van der Waals surface area contributed by atoms with Gasteiger partial charge < -0.3 is 4.90 Å². The quantitative estimate of drug-likeness (QED) is 0.379. The van der Waals surface area contributed by atoms with Crippen molar-refractivity contribution >= 4 is 17.7 Å². The molecule has 2 aliphatic heterocycles. The molecule has 1 aromatic heterocycles. The molecule has 6 rings (SSSR count). The first-order chi connectivity index (χ1) is 17.9. The van der Waals surface area contributed by atoms with Gasteiger partial charge in [-0.05, 0) is 60.0 Å². The summed E-state index contributed by atoms with van der Waals surface area (Å²) >= 11 is 0. The average Bonchev–Trinajstić information content (AvgIpc) is 3.54. The molecule has 184 valence electrons. The van der Waals surface area contributed by atoms with E-state index in [1.165, 1.54) is 17.0 Å². The molecule has 8 heteroatoms. The number of nitrogens with zero attached hydrogens (tertiary/aromatic N) is 4. The van der Waals surface area contributed by atoms with Gasteiger partial charge in [0.2, 0.25) is 0 Å². The molecule has 0 saturated carbocycles. The van der Waals surface area contributed by atoms with Gasteiger partial charge in [0.25, 0.3) is 17.7 Å². The number of fused-ring (bicyclic) bond motifs is 2. The fourth-order valence-corrected chi connectivity index (χ4v) is 5.28. The van der Waals surface area contributed by atoms with Crippen LogP contribution in [0.2, 0.25) is 0 Å². The summed E-state index contributed by atoms with van der Waals surface area (Å²) in [5, 5.41) is 4.23. The largest absolute Gasteiger partial charge is 0.329 e. The Balaban J connectivity index is 1.33. The van der Waals surface area contributed by atoms with Crippen molar-refractivity contribution in [2.75, 3.05) is 6.54 Å². The van der Waals surface area contributed by atoms with E-state index in [9.17, 15) is 18.8 Å². The summed E-state index contributed by atoms with van der Waals surface area (Å²) in [6, 6.07) is 19.9. The summed E-state index contributed by atoms with van der Waals surface area (Å²) in [5.74, 6) is -1.32. The lowest BCUT2D eigenvalue weighted by Crippen LogP contribution is -2.47. The monoisotopic (exact) mass is 494 g/mol. The molecule has 3 amide bonds. The third kappa shape index (κ3) is 3.91. The van der Waals surface area contributed by atoms with Gasteiger partial charge in [-0.15, -0.1) is 0 Å². The number of aromatic nitrogens is 2. The van der Waals surface area contributed by atoms with E-state index >= 15 is 0 Å².